The maximum Gasteiger partial charge on any atom is 0.214 e. The molecule has 0 saturated heterocycles. The van der Waals surface area contributed by atoms with Crippen LogP contribution in [0.25, 0.3) is 22.2 Å². The van der Waals surface area contributed by atoms with Crippen molar-refractivity contribution in [2.75, 3.05) is 11.5 Å². The molecule has 1 aromatic carbocycles. The monoisotopic (exact) mass is 243 g/mol. The highest BCUT2D eigenvalue weighted by Crippen LogP contribution is 2.35. The van der Waals surface area contributed by atoms with Crippen molar-refractivity contribution >= 4 is 22.5 Å². The lowest BCUT2D eigenvalue weighted by atomic mass is 10.1. The predicted molar refractivity (Wildman–Crippen MR) is 68.2 cm³/mol. The summed E-state index contributed by atoms with van der Waals surface area (Å²) in [6.07, 6.45) is 1.59. The first-order valence-corrected chi connectivity index (χ1v) is 5.35. The Labute approximate surface area is 102 Å². The number of hydrogen-bond donors (Lipinski definition) is 2. The second kappa shape index (κ2) is 3.73. The Kier molecular flexibility index (Phi) is 2.19. The van der Waals surface area contributed by atoms with Crippen LogP contribution in [0.5, 0.6) is 0 Å². The van der Waals surface area contributed by atoms with Crippen molar-refractivity contribution in [3.63, 3.8) is 0 Å². The van der Waals surface area contributed by atoms with E-state index in [4.69, 9.17) is 15.9 Å². The average Bonchev–Trinajstić information content (AvgIpc) is 2.65. The molecule has 0 fully saturated rings. The standard InChI is InChI=1S/C13H10FN3O/c14-8-3-1-2-7(6-8)11-12-9(4-5-17-11)10(15)13(16)18-12/h1-6H,15-16H2. The number of anilines is 2. The zero-order chi connectivity index (χ0) is 12.7. The summed E-state index contributed by atoms with van der Waals surface area (Å²) in [4.78, 5) is 4.20. The maximum absolute atomic E-state index is 13.2. The molecule has 5 heteroatoms. The van der Waals surface area contributed by atoms with E-state index in [1.165, 1.54) is 12.1 Å². The molecule has 0 saturated carbocycles. The first kappa shape index (κ1) is 10.6. The van der Waals surface area contributed by atoms with Gasteiger partial charge in [0.1, 0.15) is 17.2 Å². The van der Waals surface area contributed by atoms with E-state index in [9.17, 15) is 4.39 Å². The highest BCUT2D eigenvalue weighted by Gasteiger charge is 2.14. The lowest BCUT2D eigenvalue weighted by molar-refractivity contribution is 0.627. The van der Waals surface area contributed by atoms with Crippen molar-refractivity contribution in [3.8, 4) is 11.3 Å². The number of rotatable bonds is 1. The molecule has 18 heavy (non-hydrogen) atoms. The van der Waals surface area contributed by atoms with Crippen molar-refractivity contribution in [2.45, 2.75) is 0 Å². The molecule has 0 radical (unpaired) electrons. The number of nitrogens with zero attached hydrogens (tertiary/aromatic N) is 1. The van der Waals surface area contributed by atoms with E-state index in [2.05, 4.69) is 4.98 Å². The van der Waals surface area contributed by atoms with E-state index < -0.39 is 0 Å². The third kappa shape index (κ3) is 1.48. The van der Waals surface area contributed by atoms with Crippen LogP contribution in [0.4, 0.5) is 16.0 Å². The minimum absolute atomic E-state index is 0.149. The molecular formula is C13H10FN3O. The highest BCUT2D eigenvalue weighted by molar-refractivity contribution is 6.01. The predicted octanol–water partition coefficient (Wildman–Crippen LogP) is 2.80. The van der Waals surface area contributed by atoms with Crippen LogP contribution in [-0.4, -0.2) is 4.98 Å². The van der Waals surface area contributed by atoms with Gasteiger partial charge in [0.2, 0.25) is 5.88 Å². The van der Waals surface area contributed by atoms with Crippen molar-refractivity contribution in [1.29, 1.82) is 0 Å². The second-order valence-corrected chi connectivity index (χ2v) is 3.93. The highest BCUT2D eigenvalue weighted by atomic mass is 19.1. The molecule has 0 aliphatic rings. The summed E-state index contributed by atoms with van der Waals surface area (Å²) < 4.78 is 18.6. The molecule has 0 bridgehead atoms. The van der Waals surface area contributed by atoms with Crippen LogP contribution < -0.4 is 11.5 Å². The zero-order valence-electron chi connectivity index (χ0n) is 9.35. The van der Waals surface area contributed by atoms with E-state index in [-0.39, 0.29) is 11.7 Å². The van der Waals surface area contributed by atoms with E-state index in [0.717, 1.165) is 0 Å². The van der Waals surface area contributed by atoms with Gasteiger partial charge in [-0.15, -0.1) is 0 Å². The molecular weight excluding hydrogens is 233 g/mol. The lowest BCUT2D eigenvalue weighted by Gasteiger charge is -2.01. The van der Waals surface area contributed by atoms with Crippen molar-refractivity contribution < 1.29 is 8.81 Å². The summed E-state index contributed by atoms with van der Waals surface area (Å²) in [5.41, 5.74) is 13.4. The van der Waals surface area contributed by atoms with Crippen LogP contribution in [0.3, 0.4) is 0 Å². The molecule has 2 aromatic heterocycles. The van der Waals surface area contributed by atoms with Gasteiger partial charge in [-0.1, -0.05) is 12.1 Å². The third-order valence-corrected chi connectivity index (χ3v) is 2.77. The van der Waals surface area contributed by atoms with Crippen LogP contribution in [0.15, 0.2) is 40.9 Å². The number of aromatic nitrogens is 1. The van der Waals surface area contributed by atoms with Crippen molar-refractivity contribution in [3.05, 3.63) is 42.3 Å². The minimum Gasteiger partial charge on any atom is -0.436 e. The quantitative estimate of drug-likeness (QED) is 0.688. The van der Waals surface area contributed by atoms with Gasteiger partial charge in [0.25, 0.3) is 0 Å². The Bertz CT molecular complexity index is 736. The molecule has 90 valence electrons. The van der Waals surface area contributed by atoms with Gasteiger partial charge in [0, 0.05) is 17.1 Å². The normalized spacial score (nSPS) is 10.9. The van der Waals surface area contributed by atoms with E-state index in [0.29, 0.717) is 27.9 Å². The van der Waals surface area contributed by atoms with Gasteiger partial charge >= 0.3 is 0 Å². The fourth-order valence-electron chi connectivity index (χ4n) is 1.90. The van der Waals surface area contributed by atoms with Gasteiger partial charge < -0.3 is 15.9 Å². The van der Waals surface area contributed by atoms with Gasteiger partial charge in [0.05, 0.1) is 0 Å². The minimum atomic E-state index is -0.334. The number of halogens is 1. The molecule has 2 heterocycles. The summed E-state index contributed by atoms with van der Waals surface area (Å²) in [6, 6.07) is 7.83. The van der Waals surface area contributed by atoms with E-state index >= 15 is 0 Å². The molecule has 4 nitrogen and oxygen atoms in total. The average molecular weight is 243 g/mol. The maximum atomic E-state index is 13.2. The number of nitrogens with two attached hydrogens (primary N) is 2. The smallest absolute Gasteiger partial charge is 0.214 e. The summed E-state index contributed by atoms with van der Waals surface area (Å²) in [5, 5.41) is 0.682. The largest absolute Gasteiger partial charge is 0.436 e. The van der Waals surface area contributed by atoms with Crippen LogP contribution in [-0.2, 0) is 0 Å². The summed E-state index contributed by atoms with van der Waals surface area (Å²) in [6.45, 7) is 0. The second-order valence-electron chi connectivity index (χ2n) is 3.93. The van der Waals surface area contributed by atoms with Gasteiger partial charge in [-0.25, -0.2) is 4.39 Å². The van der Waals surface area contributed by atoms with Gasteiger partial charge in [0.15, 0.2) is 5.58 Å². The first-order valence-electron chi connectivity index (χ1n) is 5.35. The Morgan fingerprint density at radius 3 is 2.78 bits per heavy atom. The van der Waals surface area contributed by atoms with Crippen molar-refractivity contribution in [1.82, 2.24) is 4.98 Å². The molecule has 0 aliphatic heterocycles. The SMILES string of the molecule is Nc1oc2c(-c3cccc(F)c3)nccc2c1N. The van der Waals surface area contributed by atoms with Crippen LogP contribution in [0.1, 0.15) is 0 Å². The van der Waals surface area contributed by atoms with Crippen LogP contribution in [0.2, 0.25) is 0 Å². The van der Waals surface area contributed by atoms with E-state index in [1.54, 1.807) is 24.4 Å². The molecule has 0 atom stereocenters. The number of fused-ring (bicyclic) bond motifs is 1. The number of hydrogen-bond acceptors (Lipinski definition) is 4. The zero-order valence-corrected chi connectivity index (χ0v) is 9.35. The van der Waals surface area contributed by atoms with Crippen molar-refractivity contribution in [2.24, 2.45) is 0 Å². The number of pyridine rings is 1. The molecule has 4 N–H and O–H groups in total. The number of benzene rings is 1. The molecule has 0 unspecified atom stereocenters. The summed E-state index contributed by atoms with van der Waals surface area (Å²) in [7, 11) is 0. The molecule has 3 aromatic rings. The van der Waals surface area contributed by atoms with Gasteiger partial charge in [-0.05, 0) is 18.2 Å². The number of nitrogen functional groups attached to an aromatic ring is 2. The Hall–Kier alpha value is -2.56. The van der Waals surface area contributed by atoms with Crippen LogP contribution in [0, 0.1) is 5.82 Å². The molecule has 3 rings (SSSR count). The van der Waals surface area contributed by atoms with Gasteiger partial charge in [-0.2, -0.15) is 0 Å². The van der Waals surface area contributed by atoms with Crippen LogP contribution >= 0.6 is 0 Å². The Morgan fingerprint density at radius 1 is 1.17 bits per heavy atom. The third-order valence-electron chi connectivity index (χ3n) is 2.77. The fourth-order valence-corrected chi connectivity index (χ4v) is 1.90. The lowest BCUT2D eigenvalue weighted by Crippen LogP contribution is -1.89. The molecule has 0 aliphatic carbocycles. The molecule has 0 spiro atoms. The van der Waals surface area contributed by atoms with E-state index in [1.807, 2.05) is 0 Å². The molecule has 0 amide bonds. The fraction of sp³-hybridized carbons (Fsp3) is 0. The Morgan fingerprint density at radius 2 is 2.00 bits per heavy atom. The number of furan rings is 1. The topological polar surface area (TPSA) is 78.1 Å². The summed E-state index contributed by atoms with van der Waals surface area (Å²) in [5.74, 6) is -0.186. The Balaban J connectivity index is 2.33. The van der Waals surface area contributed by atoms with Gasteiger partial charge in [-0.3, -0.25) is 4.98 Å². The summed E-state index contributed by atoms with van der Waals surface area (Å²) >= 11 is 0. The first-order chi connectivity index (χ1) is 8.66.